The Balaban J connectivity index is 1.35. The molecule has 6 nitrogen and oxygen atoms in total. The van der Waals surface area contributed by atoms with Gasteiger partial charge in [0.2, 0.25) is 11.0 Å². The van der Waals surface area contributed by atoms with E-state index in [-0.39, 0.29) is 22.4 Å². The molecular weight excluding hydrogens is 449 g/mol. The summed E-state index contributed by atoms with van der Waals surface area (Å²) in [5.41, 5.74) is 1.01. The summed E-state index contributed by atoms with van der Waals surface area (Å²) in [5, 5.41) is 10.3. The van der Waals surface area contributed by atoms with Gasteiger partial charge in [-0.15, -0.1) is 10.2 Å². The van der Waals surface area contributed by atoms with Gasteiger partial charge in [-0.2, -0.15) is 13.2 Å². The number of alkyl halides is 3. The predicted molar refractivity (Wildman–Crippen MR) is 113 cm³/mol. The molecule has 11 heteroatoms. The second-order valence-corrected chi connectivity index (χ2v) is 8.82. The van der Waals surface area contributed by atoms with Gasteiger partial charge in [-0.05, 0) is 36.2 Å². The third-order valence-corrected chi connectivity index (χ3v) is 6.54. The molecule has 0 bridgehead atoms. The maximum absolute atomic E-state index is 12.8. The lowest BCUT2D eigenvalue weighted by molar-refractivity contribution is -0.137. The number of amides is 2. The van der Waals surface area contributed by atoms with Gasteiger partial charge in [-0.3, -0.25) is 14.9 Å². The quantitative estimate of drug-likeness (QED) is 0.445. The fraction of sp³-hybridized carbons (Fsp3) is 0.200. The van der Waals surface area contributed by atoms with Crippen molar-refractivity contribution in [3.63, 3.8) is 0 Å². The van der Waals surface area contributed by atoms with E-state index < -0.39 is 17.6 Å². The fourth-order valence-corrected chi connectivity index (χ4v) is 4.75. The number of carbonyl (C=O) groups is 2. The molecule has 1 aromatic heterocycles. The number of hydrogen-bond acceptors (Lipinski definition) is 6. The van der Waals surface area contributed by atoms with Crippen molar-refractivity contribution >= 4 is 45.7 Å². The number of nitrogens with one attached hydrogen (secondary N) is 1. The normalized spacial score (nSPS) is 13.2. The van der Waals surface area contributed by atoms with E-state index in [0.29, 0.717) is 10.9 Å². The third kappa shape index (κ3) is 4.88. The molecule has 0 saturated heterocycles. The summed E-state index contributed by atoms with van der Waals surface area (Å²) in [4.78, 5) is 26.6. The Kier molecular flexibility index (Phi) is 5.96. The summed E-state index contributed by atoms with van der Waals surface area (Å²) in [5.74, 6) is -0.617. The van der Waals surface area contributed by atoms with E-state index in [2.05, 4.69) is 15.5 Å². The lowest BCUT2D eigenvalue weighted by atomic mass is 10.1. The number of nitrogens with zero attached hydrogens (tertiary/aromatic N) is 3. The first kappa shape index (κ1) is 21.3. The molecule has 0 saturated carbocycles. The molecule has 1 aliphatic heterocycles. The average Bonchev–Trinajstić information content (AvgIpc) is 3.38. The Morgan fingerprint density at radius 3 is 2.74 bits per heavy atom. The predicted octanol–water partition coefficient (Wildman–Crippen LogP) is 4.49. The smallest absolute Gasteiger partial charge is 0.311 e. The van der Waals surface area contributed by atoms with E-state index in [0.717, 1.165) is 41.1 Å². The molecule has 0 radical (unpaired) electrons. The van der Waals surface area contributed by atoms with Crippen LogP contribution in [0.2, 0.25) is 0 Å². The third-order valence-electron chi connectivity index (χ3n) is 4.59. The molecule has 160 valence electrons. The van der Waals surface area contributed by atoms with Crippen LogP contribution in [0.4, 0.5) is 24.0 Å². The van der Waals surface area contributed by atoms with Gasteiger partial charge in [0.15, 0.2) is 4.34 Å². The van der Waals surface area contributed by atoms with Gasteiger partial charge in [0.1, 0.15) is 0 Å². The molecule has 3 aromatic rings. The number of fused-ring (bicyclic) bond motifs is 1. The molecule has 0 unspecified atom stereocenters. The molecule has 2 aromatic carbocycles. The standard InChI is InChI=1S/C20H15F3N4O2S2/c21-20(22,23)14-6-3-5-13(10-14)17(29)24-18-25-26-19(31-18)30-11-16(28)27-9-8-12-4-1-2-7-15(12)27/h1-7,10H,8-9,11H2,(H,24,25,29). The van der Waals surface area contributed by atoms with Crippen LogP contribution in [-0.4, -0.2) is 34.3 Å². The molecule has 2 amide bonds. The summed E-state index contributed by atoms with van der Waals surface area (Å²) >= 11 is 2.24. The Bertz CT molecular complexity index is 1130. The first-order valence-electron chi connectivity index (χ1n) is 9.14. The number of halogens is 3. The molecule has 1 aliphatic rings. The van der Waals surface area contributed by atoms with Crippen molar-refractivity contribution < 1.29 is 22.8 Å². The SMILES string of the molecule is O=C(Nc1nnc(SCC(=O)N2CCc3ccccc32)s1)c1cccc(C(F)(F)F)c1. The Hall–Kier alpha value is -2.92. The molecule has 0 atom stereocenters. The highest BCUT2D eigenvalue weighted by molar-refractivity contribution is 8.01. The van der Waals surface area contributed by atoms with Crippen LogP contribution >= 0.6 is 23.1 Å². The lowest BCUT2D eigenvalue weighted by Crippen LogP contribution is -2.30. The van der Waals surface area contributed by atoms with Crippen LogP contribution < -0.4 is 10.2 Å². The van der Waals surface area contributed by atoms with Gasteiger partial charge in [-0.25, -0.2) is 0 Å². The second-order valence-electron chi connectivity index (χ2n) is 6.62. The summed E-state index contributed by atoms with van der Waals surface area (Å²) in [6, 6.07) is 11.9. The summed E-state index contributed by atoms with van der Waals surface area (Å²) < 4.78 is 38.9. The minimum atomic E-state index is -4.54. The van der Waals surface area contributed by atoms with Crippen molar-refractivity contribution in [1.82, 2.24) is 10.2 Å². The number of thioether (sulfide) groups is 1. The van der Waals surface area contributed by atoms with E-state index >= 15 is 0 Å². The van der Waals surface area contributed by atoms with E-state index in [1.54, 1.807) is 4.90 Å². The van der Waals surface area contributed by atoms with E-state index in [1.165, 1.54) is 23.9 Å². The monoisotopic (exact) mass is 464 g/mol. The molecule has 0 spiro atoms. The highest BCUT2D eigenvalue weighted by Crippen LogP contribution is 2.31. The Labute approximate surface area is 183 Å². The largest absolute Gasteiger partial charge is 0.416 e. The van der Waals surface area contributed by atoms with E-state index in [4.69, 9.17) is 0 Å². The van der Waals surface area contributed by atoms with Gasteiger partial charge in [0.25, 0.3) is 5.91 Å². The number of aromatic nitrogens is 2. The number of benzene rings is 2. The van der Waals surface area contributed by atoms with E-state index in [9.17, 15) is 22.8 Å². The number of carbonyl (C=O) groups excluding carboxylic acids is 2. The highest BCUT2D eigenvalue weighted by atomic mass is 32.2. The zero-order valence-corrected chi connectivity index (χ0v) is 17.5. The molecule has 0 aliphatic carbocycles. The number of hydrogen-bond donors (Lipinski definition) is 1. The topological polar surface area (TPSA) is 75.2 Å². The van der Waals surface area contributed by atoms with Crippen LogP contribution in [0.1, 0.15) is 21.5 Å². The zero-order chi connectivity index (χ0) is 22.0. The molecule has 2 heterocycles. The molecule has 31 heavy (non-hydrogen) atoms. The molecule has 1 N–H and O–H groups in total. The van der Waals surface area contributed by atoms with Gasteiger partial charge >= 0.3 is 6.18 Å². The van der Waals surface area contributed by atoms with Gasteiger partial charge in [0.05, 0.1) is 11.3 Å². The minimum absolute atomic E-state index is 0.0558. The Morgan fingerprint density at radius 1 is 1.13 bits per heavy atom. The van der Waals surface area contributed by atoms with Gasteiger partial charge in [-0.1, -0.05) is 47.4 Å². The highest BCUT2D eigenvalue weighted by Gasteiger charge is 2.31. The van der Waals surface area contributed by atoms with Crippen LogP contribution in [0, 0.1) is 0 Å². The van der Waals surface area contributed by atoms with Crippen LogP contribution in [-0.2, 0) is 17.4 Å². The van der Waals surface area contributed by atoms with Crippen molar-refractivity contribution in [3.05, 3.63) is 65.2 Å². The van der Waals surface area contributed by atoms with Crippen LogP contribution in [0.5, 0.6) is 0 Å². The lowest BCUT2D eigenvalue weighted by Gasteiger charge is -2.16. The zero-order valence-electron chi connectivity index (χ0n) is 15.8. The first-order chi connectivity index (χ1) is 14.8. The summed E-state index contributed by atoms with van der Waals surface area (Å²) in [6.07, 6.45) is -3.72. The van der Waals surface area contributed by atoms with Crippen molar-refractivity contribution in [2.24, 2.45) is 0 Å². The van der Waals surface area contributed by atoms with Crippen molar-refractivity contribution in [1.29, 1.82) is 0 Å². The number of anilines is 2. The average molecular weight is 464 g/mol. The fourth-order valence-electron chi connectivity index (χ4n) is 3.12. The Morgan fingerprint density at radius 2 is 1.94 bits per heavy atom. The minimum Gasteiger partial charge on any atom is -0.311 e. The van der Waals surface area contributed by atoms with Crippen LogP contribution in [0.25, 0.3) is 0 Å². The maximum Gasteiger partial charge on any atom is 0.416 e. The number of para-hydroxylation sites is 1. The molecule has 4 rings (SSSR count). The summed E-state index contributed by atoms with van der Waals surface area (Å²) in [7, 11) is 0. The van der Waals surface area contributed by atoms with Crippen molar-refractivity contribution in [2.45, 2.75) is 16.9 Å². The second kappa shape index (κ2) is 8.67. The van der Waals surface area contributed by atoms with Gasteiger partial charge < -0.3 is 4.90 Å². The van der Waals surface area contributed by atoms with Crippen molar-refractivity contribution in [3.8, 4) is 0 Å². The maximum atomic E-state index is 12.8. The van der Waals surface area contributed by atoms with Crippen LogP contribution in [0.3, 0.4) is 0 Å². The molecule has 0 fully saturated rings. The van der Waals surface area contributed by atoms with Crippen molar-refractivity contribution in [2.75, 3.05) is 22.5 Å². The van der Waals surface area contributed by atoms with Gasteiger partial charge in [0, 0.05) is 17.8 Å². The first-order valence-corrected chi connectivity index (χ1v) is 10.9. The van der Waals surface area contributed by atoms with E-state index in [1.807, 2.05) is 24.3 Å². The summed E-state index contributed by atoms with van der Waals surface area (Å²) in [6.45, 7) is 0.632. The molecular formula is C20H15F3N4O2S2. The van der Waals surface area contributed by atoms with Crippen LogP contribution in [0.15, 0.2) is 52.9 Å². The number of rotatable bonds is 5.